The van der Waals surface area contributed by atoms with Gasteiger partial charge in [0, 0.05) is 6.20 Å². The molecular formula is C15H16INO3. The van der Waals surface area contributed by atoms with E-state index < -0.39 is 0 Å². The van der Waals surface area contributed by atoms with Gasteiger partial charge in [-0.2, -0.15) is 0 Å². The van der Waals surface area contributed by atoms with Crippen molar-refractivity contribution in [3.05, 3.63) is 59.9 Å². The first-order chi connectivity index (χ1) is 9.79. The molecule has 1 aromatic heterocycles. The Balaban J connectivity index is 0.000000956. The second kappa shape index (κ2) is 9.30. The number of hydrogen-bond donors (Lipinski definition) is 0. The van der Waals surface area contributed by atoms with E-state index in [9.17, 15) is 4.79 Å². The molecule has 106 valence electrons. The first-order valence-electron chi connectivity index (χ1n) is 5.88. The zero-order valence-electron chi connectivity index (χ0n) is 11.4. The predicted molar refractivity (Wildman–Crippen MR) is 86.3 cm³/mol. The quantitative estimate of drug-likeness (QED) is 0.459. The van der Waals surface area contributed by atoms with Crippen molar-refractivity contribution < 1.29 is 14.3 Å². The van der Waals surface area contributed by atoms with Gasteiger partial charge < -0.3 is 9.47 Å². The zero-order valence-corrected chi connectivity index (χ0v) is 13.5. The SMILES string of the molecule is CI.COc1ccc(C(=O)OCc2ccccn2)cc1. The Labute approximate surface area is 132 Å². The largest absolute Gasteiger partial charge is 0.497 e. The van der Waals surface area contributed by atoms with Gasteiger partial charge in [-0.1, -0.05) is 28.7 Å². The van der Waals surface area contributed by atoms with Crippen LogP contribution >= 0.6 is 22.6 Å². The van der Waals surface area contributed by atoms with Crippen LogP contribution in [0.3, 0.4) is 0 Å². The van der Waals surface area contributed by atoms with E-state index in [0.717, 1.165) is 5.69 Å². The first kappa shape index (κ1) is 16.4. The molecule has 20 heavy (non-hydrogen) atoms. The number of rotatable bonds is 4. The molecule has 0 spiro atoms. The van der Waals surface area contributed by atoms with Gasteiger partial charge in [-0.25, -0.2) is 4.79 Å². The second-order valence-corrected chi connectivity index (χ2v) is 3.63. The molecular weight excluding hydrogens is 369 g/mol. The summed E-state index contributed by atoms with van der Waals surface area (Å²) in [5.74, 6) is 0.333. The third kappa shape index (κ3) is 5.16. The topological polar surface area (TPSA) is 48.4 Å². The van der Waals surface area contributed by atoms with Gasteiger partial charge in [0.05, 0.1) is 18.4 Å². The molecule has 0 unspecified atom stereocenters. The fraction of sp³-hybridized carbons (Fsp3) is 0.200. The summed E-state index contributed by atoms with van der Waals surface area (Å²) in [6.07, 6.45) is 1.66. The van der Waals surface area contributed by atoms with E-state index >= 15 is 0 Å². The van der Waals surface area contributed by atoms with Gasteiger partial charge in [-0.05, 0) is 41.3 Å². The van der Waals surface area contributed by atoms with Gasteiger partial charge in [0.15, 0.2) is 0 Å². The Kier molecular flexibility index (Phi) is 7.64. The number of hydrogen-bond acceptors (Lipinski definition) is 4. The molecule has 1 aromatic carbocycles. The third-order valence-corrected chi connectivity index (χ3v) is 2.40. The van der Waals surface area contributed by atoms with Gasteiger partial charge in [0.2, 0.25) is 0 Å². The van der Waals surface area contributed by atoms with Crippen molar-refractivity contribution in [3.63, 3.8) is 0 Å². The van der Waals surface area contributed by atoms with Crippen molar-refractivity contribution in [3.8, 4) is 5.75 Å². The average molecular weight is 385 g/mol. The minimum Gasteiger partial charge on any atom is -0.497 e. The minimum atomic E-state index is -0.372. The highest BCUT2D eigenvalue weighted by molar-refractivity contribution is 14.1. The van der Waals surface area contributed by atoms with Crippen LogP contribution in [0.25, 0.3) is 0 Å². The fourth-order valence-electron chi connectivity index (χ4n) is 1.43. The van der Waals surface area contributed by atoms with E-state index in [0.29, 0.717) is 11.3 Å². The lowest BCUT2D eigenvalue weighted by atomic mass is 10.2. The maximum Gasteiger partial charge on any atom is 0.338 e. The zero-order chi connectivity index (χ0) is 14.8. The van der Waals surface area contributed by atoms with E-state index in [1.807, 2.05) is 17.1 Å². The van der Waals surface area contributed by atoms with Crippen LogP contribution < -0.4 is 4.74 Å². The summed E-state index contributed by atoms with van der Waals surface area (Å²) in [4.78, 5) is 17.8. The Morgan fingerprint density at radius 3 is 2.40 bits per heavy atom. The highest BCUT2D eigenvalue weighted by Crippen LogP contribution is 2.12. The molecule has 0 aliphatic carbocycles. The fourth-order valence-corrected chi connectivity index (χ4v) is 1.43. The maximum absolute atomic E-state index is 11.7. The number of halogens is 1. The number of carbonyl (C=O) groups excluding carboxylic acids is 1. The van der Waals surface area contributed by atoms with E-state index in [4.69, 9.17) is 9.47 Å². The molecule has 4 nitrogen and oxygen atoms in total. The molecule has 0 bridgehead atoms. The highest BCUT2D eigenvalue weighted by atomic mass is 127. The van der Waals surface area contributed by atoms with Crippen LogP contribution in [-0.2, 0) is 11.3 Å². The molecule has 0 saturated carbocycles. The highest BCUT2D eigenvalue weighted by Gasteiger charge is 2.07. The van der Waals surface area contributed by atoms with Crippen LogP contribution in [0, 0.1) is 0 Å². The number of esters is 1. The number of ether oxygens (including phenoxy) is 2. The number of nitrogens with zero attached hydrogens (tertiary/aromatic N) is 1. The van der Waals surface area contributed by atoms with Crippen molar-refractivity contribution in [2.45, 2.75) is 6.61 Å². The molecule has 2 rings (SSSR count). The summed E-state index contributed by atoms with van der Waals surface area (Å²) in [6, 6.07) is 12.2. The molecule has 0 aliphatic heterocycles. The summed E-state index contributed by atoms with van der Waals surface area (Å²) < 4.78 is 10.2. The standard InChI is InChI=1S/C14H13NO3.CH3I/c1-17-13-7-5-11(6-8-13)14(16)18-10-12-4-2-3-9-15-12;1-2/h2-9H,10H2,1H3;1H3. The van der Waals surface area contributed by atoms with Gasteiger partial charge in [0.25, 0.3) is 0 Å². The summed E-state index contributed by atoms with van der Waals surface area (Å²) in [5.41, 5.74) is 1.21. The van der Waals surface area contributed by atoms with Crippen LogP contribution in [0.2, 0.25) is 0 Å². The van der Waals surface area contributed by atoms with Gasteiger partial charge in [-0.3, -0.25) is 4.98 Å². The second-order valence-electron chi connectivity index (χ2n) is 3.63. The third-order valence-electron chi connectivity index (χ3n) is 2.40. The van der Waals surface area contributed by atoms with Crippen LogP contribution in [0.5, 0.6) is 5.75 Å². The van der Waals surface area contributed by atoms with Crippen molar-refractivity contribution >= 4 is 28.6 Å². The van der Waals surface area contributed by atoms with E-state index in [2.05, 4.69) is 27.6 Å². The van der Waals surface area contributed by atoms with Crippen molar-refractivity contribution in [2.24, 2.45) is 0 Å². The number of benzene rings is 1. The number of aromatic nitrogens is 1. The molecule has 0 aliphatic rings. The summed E-state index contributed by atoms with van der Waals surface area (Å²) in [6.45, 7) is 0.172. The van der Waals surface area contributed by atoms with Crippen LogP contribution in [0.15, 0.2) is 48.7 Å². The van der Waals surface area contributed by atoms with E-state index in [1.54, 1.807) is 43.6 Å². The number of carbonyl (C=O) groups is 1. The lowest BCUT2D eigenvalue weighted by Gasteiger charge is -2.05. The first-order valence-corrected chi connectivity index (χ1v) is 8.04. The number of methoxy groups -OCH3 is 1. The van der Waals surface area contributed by atoms with Crippen molar-refractivity contribution in [2.75, 3.05) is 12.0 Å². The maximum atomic E-state index is 11.7. The Morgan fingerprint density at radius 2 is 1.85 bits per heavy atom. The Bertz CT molecular complexity index is 514. The van der Waals surface area contributed by atoms with Gasteiger partial charge >= 0.3 is 5.97 Å². The lowest BCUT2D eigenvalue weighted by molar-refractivity contribution is 0.0467. The van der Waals surface area contributed by atoms with Crippen LogP contribution in [0.4, 0.5) is 0 Å². The Morgan fingerprint density at radius 1 is 1.15 bits per heavy atom. The number of pyridine rings is 1. The molecule has 0 atom stereocenters. The van der Waals surface area contributed by atoms with Gasteiger partial charge in [-0.15, -0.1) is 0 Å². The van der Waals surface area contributed by atoms with Gasteiger partial charge in [0.1, 0.15) is 12.4 Å². The molecule has 0 N–H and O–H groups in total. The number of alkyl halides is 1. The predicted octanol–water partition coefficient (Wildman–Crippen LogP) is 3.50. The lowest BCUT2D eigenvalue weighted by Crippen LogP contribution is -2.05. The van der Waals surface area contributed by atoms with Crippen LogP contribution in [0.1, 0.15) is 16.1 Å². The summed E-state index contributed by atoms with van der Waals surface area (Å²) >= 11 is 2.15. The molecule has 0 radical (unpaired) electrons. The Hall–Kier alpha value is -1.63. The molecule has 0 amide bonds. The van der Waals surface area contributed by atoms with E-state index in [1.165, 1.54) is 0 Å². The van der Waals surface area contributed by atoms with Crippen molar-refractivity contribution in [1.82, 2.24) is 4.98 Å². The average Bonchev–Trinajstić information content (AvgIpc) is 2.55. The summed E-state index contributed by atoms with van der Waals surface area (Å²) in [5, 5.41) is 0. The van der Waals surface area contributed by atoms with E-state index in [-0.39, 0.29) is 12.6 Å². The van der Waals surface area contributed by atoms with Crippen LogP contribution in [-0.4, -0.2) is 23.0 Å². The molecule has 0 fully saturated rings. The molecule has 0 saturated heterocycles. The monoisotopic (exact) mass is 385 g/mol. The molecule has 1 heterocycles. The molecule has 2 aromatic rings. The minimum absolute atomic E-state index is 0.172. The normalized spacial score (nSPS) is 9.15. The molecule has 5 heteroatoms. The van der Waals surface area contributed by atoms with Crippen molar-refractivity contribution in [1.29, 1.82) is 0 Å². The summed E-state index contributed by atoms with van der Waals surface area (Å²) in [7, 11) is 1.58. The smallest absolute Gasteiger partial charge is 0.338 e.